The maximum absolute atomic E-state index is 12.8. The number of thioether (sulfide) groups is 1. The number of alkyl halides is 3. The SMILES string of the molecule is CCOc1c(SC)c(C)nn1-c1c(Cl)cc(C(F)(F)F)cc1Cl. The van der Waals surface area contributed by atoms with Gasteiger partial charge in [-0.25, -0.2) is 0 Å². The Morgan fingerprint density at radius 3 is 2.26 bits per heavy atom. The normalized spacial score (nSPS) is 11.8. The van der Waals surface area contributed by atoms with Crippen LogP contribution in [-0.4, -0.2) is 22.6 Å². The lowest BCUT2D eigenvalue weighted by Crippen LogP contribution is -2.08. The molecule has 3 nitrogen and oxygen atoms in total. The van der Waals surface area contributed by atoms with E-state index in [1.165, 1.54) is 16.4 Å². The van der Waals surface area contributed by atoms with Gasteiger partial charge in [-0.05, 0) is 32.2 Å². The molecular weight excluding hydrogens is 372 g/mol. The van der Waals surface area contributed by atoms with Crippen LogP contribution in [-0.2, 0) is 6.18 Å². The van der Waals surface area contributed by atoms with Crippen LogP contribution in [0.1, 0.15) is 18.2 Å². The number of ether oxygens (including phenoxy) is 1. The fourth-order valence-electron chi connectivity index (χ4n) is 2.07. The van der Waals surface area contributed by atoms with Gasteiger partial charge in [-0.2, -0.15) is 23.0 Å². The highest BCUT2D eigenvalue weighted by Crippen LogP contribution is 2.41. The Hall–Kier alpha value is -1.05. The van der Waals surface area contributed by atoms with Crippen LogP contribution in [0.25, 0.3) is 5.69 Å². The van der Waals surface area contributed by atoms with E-state index in [0.29, 0.717) is 18.2 Å². The van der Waals surface area contributed by atoms with E-state index in [0.717, 1.165) is 17.0 Å². The first-order chi connectivity index (χ1) is 10.7. The third-order valence-electron chi connectivity index (χ3n) is 3.01. The van der Waals surface area contributed by atoms with E-state index in [1.54, 1.807) is 13.8 Å². The van der Waals surface area contributed by atoms with Crippen molar-refractivity contribution in [3.63, 3.8) is 0 Å². The molecule has 1 aromatic heterocycles. The summed E-state index contributed by atoms with van der Waals surface area (Å²) in [4.78, 5) is 0.777. The molecule has 0 bridgehead atoms. The Morgan fingerprint density at radius 2 is 1.83 bits per heavy atom. The number of aromatic nitrogens is 2. The maximum atomic E-state index is 12.8. The molecule has 0 amide bonds. The minimum absolute atomic E-state index is 0.152. The Balaban J connectivity index is 2.68. The number of hydrogen-bond acceptors (Lipinski definition) is 3. The van der Waals surface area contributed by atoms with E-state index in [-0.39, 0.29) is 15.7 Å². The molecule has 0 aliphatic carbocycles. The highest BCUT2D eigenvalue weighted by molar-refractivity contribution is 7.98. The smallest absolute Gasteiger partial charge is 0.416 e. The highest BCUT2D eigenvalue weighted by atomic mass is 35.5. The zero-order valence-electron chi connectivity index (χ0n) is 12.5. The summed E-state index contributed by atoms with van der Waals surface area (Å²) >= 11 is 13.5. The van der Waals surface area contributed by atoms with Gasteiger partial charge in [0.25, 0.3) is 0 Å². The van der Waals surface area contributed by atoms with Gasteiger partial charge in [-0.3, -0.25) is 0 Å². The molecule has 9 heteroatoms. The van der Waals surface area contributed by atoms with Crippen LogP contribution in [0.15, 0.2) is 17.0 Å². The van der Waals surface area contributed by atoms with Gasteiger partial charge in [0.1, 0.15) is 5.69 Å². The minimum Gasteiger partial charge on any atom is -0.477 e. The third-order valence-corrected chi connectivity index (χ3v) is 4.46. The van der Waals surface area contributed by atoms with E-state index >= 15 is 0 Å². The summed E-state index contributed by atoms with van der Waals surface area (Å²) in [6.45, 7) is 3.94. The summed E-state index contributed by atoms with van der Waals surface area (Å²) < 4.78 is 45.4. The average molecular weight is 385 g/mol. The van der Waals surface area contributed by atoms with E-state index in [4.69, 9.17) is 27.9 Å². The van der Waals surface area contributed by atoms with Crippen molar-refractivity contribution >= 4 is 35.0 Å². The molecule has 1 heterocycles. The predicted molar refractivity (Wildman–Crippen MR) is 86.3 cm³/mol. The van der Waals surface area contributed by atoms with Gasteiger partial charge in [0, 0.05) is 0 Å². The van der Waals surface area contributed by atoms with Gasteiger partial charge >= 0.3 is 6.18 Å². The van der Waals surface area contributed by atoms with Crippen LogP contribution < -0.4 is 4.74 Å². The Bertz CT molecular complexity index is 709. The van der Waals surface area contributed by atoms with E-state index in [1.807, 2.05) is 6.26 Å². The van der Waals surface area contributed by atoms with Crippen molar-refractivity contribution in [2.24, 2.45) is 0 Å². The van der Waals surface area contributed by atoms with E-state index in [2.05, 4.69) is 5.10 Å². The Morgan fingerprint density at radius 1 is 1.26 bits per heavy atom. The van der Waals surface area contributed by atoms with Crippen molar-refractivity contribution in [2.75, 3.05) is 12.9 Å². The van der Waals surface area contributed by atoms with Crippen LogP contribution in [0.5, 0.6) is 5.88 Å². The quantitative estimate of drug-likeness (QED) is 0.639. The fourth-order valence-corrected chi connectivity index (χ4v) is 3.38. The number of nitrogens with zero attached hydrogens (tertiary/aromatic N) is 2. The molecular formula is C14H13Cl2F3N2OS. The van der Waals surface area contributed by atoms with Gasteiger partial charge in [0.2, 0.25) is 5.88 Å². The molecule has 0 spiro atoms. The average Bonchev–Trinajstić information content (AvgIpc) is 2.73. The lowest BCUT2D eigenvalue weighted by atomic mass is 10.2. The molecule has 0 saturated heterocycles. The summed E-state index contributed by atoms with van der Waals surface area (Å²) in [5.41, 5.74) is -0.0793. The predicted octanol–water partition coefficient (Wildman–Crippen LogP) is 5.63. The second kappa shape index (κ2) is 6.83. The number of aryl methyl sites for hydroxylation is 1. The molecule has 126 valence electrons. The molecule has 2 rings (SSSR count). The minimum atomic E-state index is -4.53. The topological polar surface area (TPSA) is 27.1 Å². The molecule has 0 aliphatic rings. The summed E-state index contributed by atoms with van der Waals surface area (Å²) in [5.74, 6) is 0.404. The van der Waals surface area contributed by atoms with Crippen molar-refractivity contribution in [1.29, 1.82) is 0 Å². The Labute approximate surface area is 145 Å². The van der Waals surface area contributed by atoms with Crippen molar-refractivity contribution < 1.29 is 17.9 Å². The fraction of sp³-hybridized carbons (Fsp3) is 0.357. The van der Waals surface area contributed by atoms with Gasteiger partial charge in [0.05, 0.1) is 32.8 Å². The molecule has 23 heavy (non-hydrogen) atoms. The van der Waals surface area contributed by atoms with Gasteiger partial charge in [0.15, 0.2) is 0 Å². The number of rotatable bonds is 4. The summed E-state index contributed by atoms with van der Waals surface area (Å²) in [5, 5.41) is 4.00. The lowest BCUT2D eigenvalue weighted by molar-refractivity contribution is -0.137. The zero-order chi connectivity index (χ0) is 17.4. The molecule has 1 aromatic carbocycles. The summed E-state index contributed by atoms with van der Waals surface area (Å²) in [6.07, 6.45) is -2.67. The van der Waals surface area contributed by atoms with Crippen LogP contribution in [0.4, 0.5) is 13.2 Å². The van der Waals surface area contributed by atoms with Crippen molar-refractivity contribution in [2.45, 2.75) is 24.9 Å². The molecule has 0 N–H and O–H groups in total. The van der Waals surface area contributed by atoms with Crippen molar-refractivity contribution in [3.05, 3.63) is 33.4 Å². The first kappa shape index (κ1) is 18.3. The molecule has 0 aliphatic heterocycles. The second-order valence-corrected chi connectivity index (χ2v) is 6.19. The molecule has 0 saturated carbocycles. The monoisotopic (exact) mass is 384 g/mol. The van der Waals surface area contributed by atoms with Crippen LogP contribution in [0, 0.1) is 6.92 Å². The maximum Gasteiger partial charge on any atom is 0.416 e. The van der Waals surface area contributed by atoms with Gasteiger partial charge in [-0.15, -0.1) is 11.8 Å². The van der Waals surface area contributed by atoms with Gasteiger partial charge < -0.3 is 4.74 Å². The molecule has 0 atom stereocenters. The van der Waals surface area contributed by atoms with E-state index < -0.39 is 11.7 Å². The number of benzene rings is 1. The molecule has 2 aromatic rings. The first-order valence-corrected chi connectivity index (χ1v) is 8.51. The molecule has 0 unspecified atom stereocenters. The van der Waals surface area contributed by atoms with E-state index in [9.17, 15) is 13.2 Å². The summed E-state index contributed by atoms with van der Waals surface area (Å²) in [6, 6.07) is 1.66. The first-order valence-electron chi connectivity index (χ1n) is 6.53. The second-order valence-electron chi connectivity index (χ2n) is 4.55. The van der Waals surface area contributed by atoms with Crippen LogP contribution in [0.2, 0.25) is 10.0 Å². The largest absolute Gasteiger partial charge is 0.477 e. The standard InChI is InChI=1S/C14H13Cl2F3N2OS/c1-4-22-13-12(23-3)7(2)20-21(13)11-9(15)5-8(6-10(11)16)14(17,18)19/h5-6H,4H2,1-3H3. The van der Waals surface area contributed by atoms with Gasteiger partial charge in [-0.1, -0.05) is 23.2 Å². The molecule has 0 fully saturated rings. The number of hydrogen-bond donors (Lipinski definition) is 0. The summed E-state index contributed by atoms with van der Waals surface area (Å²) in [7, 11) is 0. The van der Waals surface area contributed by atoms with Crippen molar-refractivity contribution in [3.8, 4) is 11.6 Å². The highest BCUT2D eigenvalue weighted by Gasteiger charge is 2.33. The zero-order valence-corrected chi connectivity index (χ0v) is 14.8. The Kier molecular flexibility index (Phi) is 5.43. The lowest BCUT2D eigenvalue weighted by Gasteiger charge is -2.14. The van der Waals surface area contributed by atoms with Crippen molar-refractivity contribution in [1.82, 2.24) is 9.78 Å². The molecule has 0 radical (unpaired) electrons. The van der Waals surface area contributed by atoms with Crippen LogP contribution in [0.3, 0.4) is 0 Å². The number of halogens is 5. The van der Waals surface area contributed by atoms with Crippen LogP contribution >= 0.6 is 35.0 Å². The third kappa shape index (κ3) is 3.56.